The Labute approximate surface area is 116 Å². The summed E-state index contributed by atoms with van der Waals surface area (Å²) in [6.45, 7) is 3.71. The van der Waals surface area contributed by atoms with Gasteiger partial charge in [0.25, 0.3) is 0 Å². The van der Waals surface area contributed by atoms with Crippen LogP contribution in [-0.4, -0.2) is 19.8 Å². The minimum absolute atomic E-state index is 0.106. The molecule has 1 aromatic rings. The molecule has 0 spiro atoms. The molecule has 3 nitrogen and oxygen atoms in total. The lowest BCUT2D eigenvalue weighted by molar-refractivity contribution is 0.137. The molecule has 1 saturated carbocycles. The van der Waals surface area contributed by atoms with E-state index in [9.17, 15) is 17.2 Å². The topological polar surface area (TPSA) is 46.2 Å². The number of hydrogen-bond acceptors (Lipinski definition) is 2. The standard InChI is InChI=1S/C12H14ClF2NO2S/c1-12(2)10(13)6-11(12)16-19(17,18)7-3-4-8(14)9(15)5-7/h3-5,10-11,16H,6H2,1-2H3. The van der Waals surface area contributed by atoms with Gasteiger partial charge in [0.15, 0.2) is 11.6 Å². The maximum atomic E-state index is 13.1. The summed E-state index contributed by atoms with van der Waals surface area (Å²) in [6.07, 6.45) is 0.511. The van der Waals surface area contributed by atoms with Crippen LogP contribution < -0.4 is 4.72 Å². The van der Waals surface area contributed by atoms with Crippen LogP contribution in [0, 0.1) is 17.0 Å². The van der Waals surface area contributed by atoms with Crippen molar-refractivity contribution >= 4 is 21.6 Å². The van der Waals surface area contributed by atoms with Gasteiger partial charge in [0.1, 0.15) is 0 Å². The van der Waals surface area contributed by atoms with Crippen LogP contribution in [0.1, 0.15) is 20.3 Å². The summed E-state index contributed by atoms with van der Waals surface area (Å²) in [4.78, 5) is -0.291. The van der Waals surface area contributed by atoms with E-state index in [1.807, 2.05) is 13.8 Å². The van der Waals surface area contributed by atoms with E-state index in [0.717, 1.165) is 12.1 Å². The molecule has 1 N–H and O–H groups in total. The average molecular weight is 310 g/mol. The highest BCUT2D eigenvalue weighted by atomic mass is 35.5. The Bertz CT molecular complexity index is 604. The van der Waals surface area contributed by atoms with Crippen LogP contribution in [-0.2, 0) is 10.0 Å². The van der Waals surface area contributed by atoms with Crippen molar-refractivity contribution in [3.05, 3.63) is 29.8 Å². The number of hydrogen-bond donors (Lipinski definition) is 1. The van der Waals surface area contributed by atoms with E-state index in [1.54, 1.807) is 0 Å². The summed E-state index contributed by atoms with van der Waals surface area (Å²) in [5.41, 5.74) is -0.368. The van der Waals surface area contributed by atoms with E-state index in [1.165, 1.54) is 0 Å². The van der Waals surface area contributed by atoms with Crippen molar-refractivity contribution < 1.29 is 17.2 Å². The number of nitrogens with one attached hydrogen (secondary N) is 1. The molecule has 1 fully saturated rings. The van der Waals surface area contributed by atoms with Gasteiger partial charge < -0.3 is 0 Å². The van der Waals surface area contributed by atoms with E-state index >= 15 is 0 Å². The molecule has 2 rings (SSSR count). The monoisotopic (exact) mass is 309 g/mol. The summed E-state index contributed by atoms with van der Waals surface area (Å²) < 4.78 is 52.4. The first-order valence-electron chi connectivity index (χ1n) is 5.76. The summed E-state index contributed by atoms with van der Waals surface area (Å²) in [5, 5.41) is -0.106. The van der Waals surface area contributed by atoms with Crippen molar-refractivity contribution in [1.29, 1.82) is 0 Å². The molecule has 1 aliphatic rings. The third-order valence-electron chi connectivity index (χ3n) is 3.65. The van der Waals surface area contributed by atoms with Crippen molar-refractivity contribution in [1.82, 2.24) is 4.72 Å². The highest BCUT2D eigenvalue weighted by Crippen LogP contribution is 2.44. The third-order valence-corrected chi connectivity index (χ3v) is 5.86. The number of rotatable bonds is 3. The molecule has 0 heterocycles. The lowest BCUT2D eigenvalue weighted by Gasteiger charge is -2.48. The van der Waals surface area contributed by atoms with Gasteiger partial charge in [-0.3, -0.25) is 0 Å². The Balaban J connectivity index is 2.22. The van der Waals surface area contributed by atoms with Gasteiger partial charge in [-0.2, -0.15) is 0 Å². The molecule has 0 radical (unpaired) electrons. The van der Waals surface area contributed by atoms with Gasteiger partial charge in [0, 0.05) is 11.4 Å². The van der Waals surface area contributed by atoms with Crippen LogP contribution in [0.4, 0.5) is 8.78 Å². The first-order valence-corrected chi connectivity index (χ1v) is 7.68. The maximum Gasteiger partial charge on any atom is 0.240 e. The van der Waals surface area contributed by atoms with E-state index in [-0.39, 0.29) is 21.7 Å². The molecule has 7 heteroatoms. The van der Waals surface area contributed by atoms with Gasteiger partial charge >= 0.3 is 0 Å². The minimum atomic E-state index is -3.87. The molecule has 2 atom stereocenters. The molecule has 2 unspecified atom stereocenters. The second kappa shape index (κ2) is 4.68. The van der Waals surface area contributed by atoms with E-state index in [2.05, 4.69) is 4.72 Å². The zero-order chi connectivity index (χ0) is 14.4. The van der Waals surface area contributed by atoms with Gasteiger partial charge in [0.2, 0.25) is 10.0 Å². The van der Waals surface area contributed by atoms with Gasteiger partial charge in [-0.25, -0.2) is 21.9 Å². The Kier molecular flexibility index (Phi) is 3.62. The summed E-state index contributed by atoms with van der Waals surface area (Å²) in [6, 6.07) is 2.18. The Hall–Kier alpha value is -0.720. The van der Waals surface area contributed by atoms with Crippen molar-refractivity contribution in [3.63, 3.8) is 0 Å². The van der Waals surface area contributed by atoms with E-state index in [4.69, 9.17) is 11.6 Å². The quantitative estimate of drug-likeness (QED) is 0.873. The average Bonchev–Trinajstić information content (AvgIpc) is 2.32. The Morgan fingerprint density at radius 2 is 1.95 bits per heavy atom. The van der Waals surface area contributed by atoms with Crippen molar-refractivity contribution in [3.8, 4) is 0 Å². The summed E-state index contributed by atoms with van der Waals surface area (Å²) in [7, 11) is -3.87. The zero-order valence-electron chi connectivity index (χ0n) is 10.5. The number of benzene rings is 1. The first kappa shape index (κ1) is 14.7. The lowest BCUT2D eigenvalue weighted by Crippen LogP contribution is -2.59. The maximum absolute atomic E-state index is 13.1. The number of alkyl halides is 1. The summed E-state index contributed by atoms with van der Waals surface area (Å²) >= 11 is 6.01. The predicted molar refractivity (Wildman–Crippen MR) is 68.5 cm³/mol. The van der Waals surface area contributed by atoms with Crippen molar-refractivity contribution in [2.45, 2.75) is 36.6 Å². The molecule has 19 heavy (non-hydrogen) atoms. The second-order valence-corrected chi connectivity index (χ2v) is 7.52. The molecule has 1 aliphatic carbocycles. The highest BCUT2D eigenvalue weighted by molar-refractivity contribution is 7.89. The number of halogens is 3. The summed E-state index contributed by atoms with van der Waals surface area (Å²) in [5.74, 6) is -2.27. The van der Waals surface area contributed by atoms with Crippen LogP contribution in [0.25, 0.3) is 0 Å². The third kappa shape index (κ3) is 2.61. The zero-order valence-corrected chi connectivity index (χ0v) is 12.0. The molecule has 0 amide bonds. The van der Waals surface area contributed by atoms with Crippen molar-refractivity contribution in [2.75, 3.05) is 0 Å². The second-order valence-electron chi connectivity index (χ2n) is 5.27. The Morgan fingerprint density at radius 3 is 2.42 bits per heavy atom. The molecule has 1 aromatic carbocycles. The van der Waals surface area contributed by atoms with E-state index in [0.29, 0.717) is 12.5 Å². The Morgan fingerprint density at radius 1 is 1.32 bits per heavy atom. The molecule has 0 aliphatic heterocycles. The molecular weight excluding hydrogens is 296 g/mol. The fourth-order valence-corrected chi connectivity index (χ4v) is 3.72. The van der Waals surface area contributed by atoms with Gasteiger partial charge in [-0.05, 0) is 30.0 Å². The smallest absolute Gasteiger partial charge is 0.207 e. The molecule has 0 bridgehead atoms. The molecular formula is C12H14ClF2NO2S. The predicted octanol–water partition coefficient (Wildman–Crippen LogP) is 2.65. The van der Waals surface area contributed by atoms with Gasteiger partial charge in [0.05, 0.1) is 4.90 Å². The van der Waals surface area contributed by atoms with Crippen LogP contribution in [0.3, 0.4) is 0 Å². The van der Waals surface area contributed by atoms with Crippen LogP contribution in [0.5, 0.6) is 0 Å². The van der Waals surface area contributed by atoms with Crippen LogP contribution in [0.2, 0.25) is 0 Å². The largest absolute Gasteiger partial charge is 0.240 e. The molecule has 0 saturated heterocycles. The fourth-order valence-electron chi connectivity index (χ4n) is 1.97. The fraction of sp³-hybridized carbons (Fsp3) is 0.500. The van der Waals surface area contributed by atoms with Gasteiger partial charge in [-0.1, -0.05) is 13.8 Å². The van der Waals surface area contributed by atoms with Crippen molar-refractivity contribution in [2.24, 2.45) is 5.41 Å². The van der Waals surface area contributed by atoms with Crippen LogP contribution in [0.15, 0.2) is 23.1 Å². The van der Waals surface area contributed by atoms with Gasteiger partial charge in [-0.15, -0.1) is 11.6 Å². The number of sulfonamides is 1. The minimum Gasteiger partial charge on any atom is -0.207 e. The SMILES string of the molecule is CC1(C)C(Cl)CC1NS(=O)(=O)c1ccc(F)c(F)c1. The van der Waals surface area contributed by atoms with Crippen LogP contribution >= 0.6 is 11.6 Å². The molecule has 0 aromatic heterocycles. The highest BCUT2D eigenvalue weighted by Gasteiger charge is 2.48. The van der Waals surface area contributed by atoms with E-state index < -0.39 is 21.7 Å². The first-order chi connectivity index (χ1) is 8.64. The lowest BCUT2D eigenvalue weighted by atomic mass is 9.67. The normalized spacial score (nSPS) is 25.9. The molecule has 106 valence electrons.